The fourth-order valence-electron chi connectivity index (χ4n) is 2.21. The van der Waals surface area contributed by atoms with E-state index in [-0.39, 0.29) is 11.9 Å². The number of hydrogen-bond acceptors (Lipinski definition) is 2. The Labute approximate surface area is 119 Å². The van der Waals surface area contributed by atoms with E-state index in [4.69, 9.17) is 4.74 Å². The first-order valence-corrected chi connectivity index (χ1v) is 6.65. The zero-order valence-electron chi connectivity index (χ0n) is 11.9. The van der Waals surface area contributed by atoms with E-state index in [1.165, 1.54) is 5.56 Å². The lowest BCUT2D eigenvalue weighted by Gasteiger charge is -2.27. The number of methoxy groups -OCH3 is 1. The number of nitrogens with zero attached hydrogens (tertiary/aromatic N) is 1. The third kappa shape index (κ3) is 3.48. The summed E-state index contributed by atoms with van der Waals surface area (Å²) in [6.07, 6.45) is 2.53. The highest BCUT2D eigenvalue weighted by molar-refractivity contribution is 5.92. The minimum absolute atomic E-state index is 0.0122. The summed E-state index contributed by atoms with van der Waals surface area (Å²) in [5.74, 6) is -0.0204. The third-order valence-corrected chi connectivity index (χ3v) is 3.37. The van der Waals surface area contributed by atoms with Crippen molar-refractivity contribution in [3.05, 3.63) is 59.9 Å². The first-order chi connectivity index (χ1) is 9.72. The molecule has 0 saturated heterocycles. The number of hydrogen-bond donors (Lipinski definition) is 1. The maximum atomic E-state index is 12.4. The molecular formula is C16H20N2O2. The molecule has 2 rings (SSSR count). The quantitative estimate of drug-likeness (QED) is 0.877. The molecule has 4 nitrogen and oxygen atoms in total. The van der Waals surface area contributed by atoms with Gasteiger partial charge in [0.25, 0.3) is 5.91 Å². The second-order valence-electron chi connectivity index (χ2n) is 4.80. The Kier molecular flexibility index (Phi) is 4.96. The zero-order chi connectivity index (χ0) is 14.4. The second kappa shape index (κ2) is 6.91. The summed E-state index contributed by atoms with van der Waals surface area (Å²) >= 11 is 0. The van der Waals surface area contributed by atoms with Gasteiger partial charge in [0.1, 0.15) is 5.69 Å². The van der Waals surface area contributed by atoms with Gasteiger partial charge in [-0.3, -0.25) is 4.79 Å². The SMILES string of the molecule is COC[C@@H](Cc1ccccc1)N(C)C(=O)c1ccc[nH]1. The number of rotatable bonds is 6. The maximum Gasteiger partial charge on any atom is 0.270 e. The van der Waals surface area contributed by atoms with Crippen LogP contribution in [0.25, 0.3) is 0 Å². The largest absolute Gasteiger partial charge is 0.383 e. The molecule has 1 aromatic heterocycles. The van der Waals surface area contributed by atoms with E-state index in [1.54, 1.807) is 24.3 Å². The van der Waals surface area contributed by atoms with Gasteiger partial charge in [-0.25, -0.2) is 0 Å². The molecule has 1 aromatic carbocycles. The van der Waals surface area contributed by atoms with Crippen molar-refractivity contribution >= 4 is 5.91 Å². The van der Waals surface area contributed by atoms with Gasteiger partial charge in [-0.2, -0.15) is 0 Å². The molecule has 2 aromatic rings. The smallest absolute Gasteiger partial charge is 0.270 e. The number of benzene rings is 1. The predicted molar refractivity (Wildman–Crippen MR) is 78.7 cm³/mol. The molecule has 1 atom stereocenters. The van der Waals surface area contributed by atoms with Gasteiger partial charge in [-0.05, 0) is 24.1 Å². The molecule has 0 bridgehead atoms. The number of amides is 1. The lowest BCUT2D eigenvalue weighted by molar-refractivity contribution is 0.0600. The molecule has 1 heterocycles. The van der Waals surface area contributed by atoms with E-state index in [0.717, 1.165) is 6.42 Å². The highest BCUT2D eigenvalue weighted by Gasteiger charge is 2.21. The van der Waals surface area contributed by atoms with E-state index in [0.29, 0.717) is 12.3 Å². The van der Waals surface area contributed by atoms with Crippen LogP contribution in [0.1, 0.15) is 16.1 Å². The molecule has 0 spiro atoms. The maximum absolute atomic E-state index is 12.4. The number of nitrogens with one attached hydrogen (secondary N) is 1. The number of aromatic nitrogens is 1. The monoisotopic (exact) mass is 272 g/mol. The van der Waals surface area contributed by atoms with Crippen molar-refractivity contribution in [3.63, 3.8) is 0 Å². The van der Waals surface area contributed by atoms with Crippen LogP contribution in [0, 0.1) is 0 Å². The van der Waals surface area contributed by atoms with E-state index < -0.39 is 0 Å². The summed E-state index contributed by atoms with van der Waals surface area (Å²) in [5, 5.41) is 0. The van der Waals surface area contributed by atoms with Crippen LogP contribution in [-0.2, 0) is 11.2 Å². The molecule has 0 unspecified atom stereocenters. The molecule has 0 aliphatic heterocycles. The van der Waals surface area contributed by atoms with Crippen LogP contribution in [0.15, 0.2) is 48.7 Å². The molecule has 0 aliphatic carbocycles. The number of ether oxygens (including phenoxy) is 1. The molecule has 0 radical (unpaired) electrons. The van der Waals surface area contributed by atoms with Gasteiger partial charge in [-0.15, -0.1) is 0 Å². The highest BCUT2D eigenvalue weighted by Crippen LogP contribution is 2.11. The number of aromatic amines is 1. The fraction of sp³-hybridized carbons (Fsp3) is 0.312. The number of carbonyl (C=O) groups excluding carboxylic acids is 1. The Bertz CT molecular complexity index is 523. The van der Waals surface area contributed by atoms with Crippen LogP contribution in [-0.4, -0.2) is 42.6 Å². The molecule has 0 fully saturated rings. The average molecular weight is 272 g/mol. The van der Waals surface area contributed by atoms with Crippen LogP contribution in [0.4, 0.5) is 0 Å². The lowest BCUT2D eigenvalue weighted by atomic mass is 10.1. The summed E-state index contributed by atoms with van der Waals surface area (Å²) in [5.41, 5.74) is 1.79. The predicted octanol–water partition coefficient (Wildman–Crippen LogP) is 2.34. The fourth-order valence-corrected chi connectivity index (χ4v) is 2.21. The normalized spacial score (nSPS) is 12.1. The summed E-state index contributed by atoms with van der Waals surface area (Å²) in [6, 6.07) is 13.7. The molecule has 4 heteroatoms. The standard InChI is InChI=1S/C16H20N2O2/c1-18(16(19)15-9-6-10-17-15)14(12-20-2)11-13-7-4-3-5-8-13/h3-10,14,17H,11-12H2,1-2H3/t14-/m1/s1. The molecule has 0 aliphatic rings. The Morgan fingerprint density at radius 1 is 1.25 bits per heavy atom. The average Bonchev–Trinajstić information content (AvgIpc) is 3.00. The van der Waals surface area contributed by atoms with Crippen LogP contribution < -0.4 is 0 Å². The van der Waals surface area contributed by atoms with Crippen molar-refractivity contribution in [2.24, 2.45) is 0 Å². The van der Waals surface area contributed by atoms with E-state index >= 15 is 0 Å². The minimum atomic E-state index is -0.0204. The van der Waals surface area contributed by atoms with Crippen molar-refractivity contribution in [1.29, 1.82) is 0 Å². The topological polar surface area (TPSA) is 45.3 Å². The van der Waals surface area contributed by atoms with Crippen LogP contribution in [0.2, 0.25) is 0 Å². The minimum Gasteiger partial charge on any atom is -0.383 e. The van der Waals surface area contributed by atoms with Crippen molar-refractivity contribution in [3.8, 4) is 0 Å². The van der Waals surface area contributed by atoms with Crippen molar-refractivity contribution < 1.29 is 9.53 Å². The van der Waals surface area contributed by atoms with Gasteiger partial charge in [0, 0.05) is 20.4 Å². The van der Waals surface area contributed by atoms with Crippen LogP contribution >= 0.6 is 0 Å². The van der Waals surface area contributed by atoms with E-state index in [1.807, 2.05) is 31.3 Å². The van der Waals surface area contributed by atoms with Gasteiger partial charge >= 0.3 is 0 Å². The highest BCUT2D eigenvalue weighted by atomic mass is 16.5. The number of likely N-dealkylation sites (N-methyl/N-ethyl adjacent to an activating group) is 1. The Morgan fingerprint density at radius 2 is 2.00 bits per heavy atom. The van der Waals surface area contributed by atoms with Gasteiger partial charge in [0.15, 0.2) is 0 Å². The molecule has 1 amide bonds. The molecule has 20 heavy (non-hydrogen) atoms. The second-order valence-corrected chi connectivity index (χ2v) is 4.80. The third-order valence-electron chi connectivity index (χ3n) is 3.37. The van der Waals surface area contributed by atoms with Crippen molar-refractivity contribution in [2.75, 3.05) is 20.8 Å². The Morgan fingerprint density at radius 3 is 2.60 bits per heavy atom. The van der Waals surface area contributed by atoms with Crippen molar-refractivity contribution in [1.82, 2.24) is 9.88 Å². The lowest BCUT2D eigenvalue weighted by Crippen LogP contribution is -2.41. The first kappa shape index (κ1) is 14.3. The van der Waals surface area contributed by atoms with Crippen LogP contribution in [0.3, 0.4) is 0 Å². The first-order valence-electron chi connectivity index (χ1n) is 6.65. The van der Waals surface area contributed by atoms with Gasteiger partial charge in [0.05, 0.1) is 12.6 Å². The molecule has 0 saturated carbocycles. The summed E-state index contributed by atoms with van der Waals surface area (Å²) in [6.45, 7) is 0.512. The van der Waals surface area contributed by atoms with Gasteiger partial charge < -0.3 is 14.6 Å². The summed E-state index contributed by atoms with van der Waals surface area (Å²) < 4.78 is 5.26. The van der Waals surface area contributed by atoms with Gasteiger partial charge in [0.2, 0.25) is 0 Å². The number of carbonyl (C=O) groups is 1. The van der Waals surface area contributed by atoms with E-state index in [9.17, 15) is 4.79 Å². The Hall–Kier alpha value is -2.07. The summed E-state index contributed by atoms with van der Waals surface area (Å²) in [4.78, 5) is 17.0. The van der Waals surface area contributed by atoms with Crippen LogP contribution in [0.5, 0.6) is 0 Å². The summed E-state index contributed by atoms with van der Waals surface area (Å²) in [7, 11) is 3.47. The van der Waals surface area contributed by atoms with Crippen molar-refractivity contribution in [2.45, 2.75) is 12.5 Å². The van der Waals surface area contributed by atoms with E-state index in [2.05, 4.69) is 17.1 Å². The Balaban J connectivity index is 2.09. The molecule has 106 valence electrons. The molecule has 1 N–H and O–H groups in total. The van der Waals surface area contributed by atoms with Gasteiger partial charge in [-0.1, -0.05) is 30.3 Å². The number of H-pyrrole nitrogens is 1. The molecular weight excluding hydrogens is 252 g/mol. The zero-order valence-corrected chi connectivity index (χ0v) is 11.9.